The molecule has 0 bridgehead atoms. The molecule has 7 N–H and O–H groups in total. The van der Waals surface area contributed by atoms with Crippen LogP contribution in [0.2, 0.25) is 0 Å². The van der Waals surface area contributed by atoms with E-state index in [1.54, 1.807) is 0 Å². The summed E-state index contributed by atoms with van der Waals surface area (Å²) >= 11 is 0. The molecule has 0 spiro atoms. The zero-order valence-electron chi connectivity index (χ0n) is 10.6. The number of carboxylic acids is 2. The summed E-state index contributed by atoms with van der Waals surface area (Å²) in [6.07, 6.45) is -0.768. The van der Waals surface area contributed by atoms with Crippen LogP contribution in [0.15, 0.2) is 0 Å². The van der Waals surface area contributed by atoms with Crippen LogP contribution in [0.5, 0.6) is 0 Å². The SMILES string of the molecule is NC(=O)CC[C@H](NOC(=O)CC[C@H](N)C(=O)O)C(=O)O. The third kappa shape index (κ3) is 8.00. The van der Waals surface area contributed by atoms with Crippen molar-refractivity contribution in [1.82, 2.24) is 5.48 Å². The fraction of sp³-hybridized carbons (Fsp3) is 0.600. The smallest absolute Gasteiger partial charge is 0.324 e. The van der Waals surface area contributed by atoms with Gasteiger partial charge in [-0.2, -0.15) is 0 Å². The molecule has 114 valence electrons. The van der Waals surface area contributed by atoms with E-state index in [1.807, 2.05) is 5.48 Å². The number of carbonyl (C=O) groups is 4. The molecule has 0 aliphatic rings. The molecular formula is C10H17N3O7. The van der Waals surface area contributed by atoms with Crippen LogP contribution in [0.25, 0.3) is 0 Å². The van der Waals surface area contributed by atoms with Gasteiger partial charge in [0.1, 0.15) is 12.1 Å². The van der Waals surface area contributed by atoms with Gasteiger partial charge in [-0.3, -0.25) is 19.2 Å². The molecule has 0 saturated carbocycles. The molecule has 0 aromatic rings. The quantitative estimate of drug-likeness (QED) is 0.282. The Labute approximate surface area is 114 Å². The first-order valence-electron chi connectivity index (χ1n) is 5.68. The fourth-order valence-corrected chi connectivity index (χ4v) is 1.10. The maximum Gasteiger partial charge on any atom is 0.324 e. The van der Waals surface area contributed by atoms with Gasteiger partial charge in [0.05, 0.1) is 0 Å². The lowest BCUT2D eigenvalue weighted by atomic mass is 10.1. The van der Waals surface area contributed by atoms with Crippen LogP contribution < -0.4 is 16.9 Å². The van der Waals surface area contributed by atoms with E-state index >= 15 is 0 Å². The minimum absolute atomic E-state index is 0.144. The summed E-state index contributed by atoms with van der Waals surface area (Å²) in [5, 5.41) is 17.3. The molecule has 0 aliphatic heterocycles. The Bertz CT molecular complexity index is 385. The van der Waals surface area contributed by atoms with Crippen LogP contribution in [0.3, 0.4) is 0 Å². The summed E-state index contributed by atoms with van der Waals surface area (Å²) in [6, 6.07) is -2.48. The summed E-state index contributed by atoms with van der Waals surface area (Å²) < 4.78 is 0. The Morgan fingerprint density at radius 1 is 1.05 bits per heavy atom. The standard InChI is InChI=1S/C10H17N3O7/c11-5(9(16)17)1-4-8(15)20-13-6(10(18)19)2-3-7(12)14/h5-6,13H,1-4,11H2,(H2,12,14)(H,16,17)(H,18,19)/t5-,6-/m0/s1. The van der Waals surface area contributed by atoms with Crippen molar-refractivity contribution >= 4 is 23.8 Å². The molecule has 0 aromatic carbocycles. The number of nitrogens with one attached hydrogen (secondary N) is 1. The number of carbonyl (C=O) groups excluding carboxylic acids is 2. The van der Waals surface area contributed by atoms with Gasteiger partial charge in [0.2, 0.25) is 5.91 Å². The van der Waals surface area contributed by atoms with Crippen molar-refractivity contribution in [2.45, 2.75) is 37.8 Å². The van der Waals surface area contributed by atoms with Gasteiger partial charge < -0.3 is 26.5 Å². The van der Waals surface area contributed by atoms with Crippen LogP contribution in [-0.4, -0.2) is 46.1 Å². The Hall–Kier alpha value is -2.20. The van der Waals surface area contributed by atoms with E-state index in [2.05, 4.69) is 4.84 Å². The van der Waals surface area contributed by atoms with E-state index in [0.717, 1.165) is 0 Å². The van der Waals surface area contributed by atoms with E-state index in [4.69, 9.17) is 21.7 Å². The lowest BCUT2D eigenvalue weighted by molar-refractivity contribution is -0.158. The average Bonchev–Trinajstić information content (AvgIpc) is 2.34. The summed E-state index contributed by atoms with van der Waals surface area (Å²) in [5.41, 5.74) is 12.0. The summed E-state index contributed by atoms with van der Waals surface area (Å²) in [5.74, 6) is -4.11. The van der Waals surface area contributed by atoms with Gasteiger partial charge in [0.15, 0.2) is 0 Å². The summed E-state index contributed by atoms with van der Waals surface area (Å²) in [4.78, 5) is 47.4. The molecule has 0 unspecified atom stereocenters. The Balaban J connectivity index is 4.08. The molecule has 1 amide bonds. The zero-order valence-corrected chi connectivity index (χ0v) is 10.6. The van der Waals surface area contributed by atoms with E-state index in [-0.39, 0.29) is 25.7 Å². The summed E-state index contributed by atoms with van der Waals surface area (Å²) in [7, 11) is 0. The minimum Gasteiger partial charge on any atom is -0.480 e. The van der Waals surface area contributed by atoms with Crippen molar-refractivity contribution in [1.29, 1.82) is 0 Å². The second-order valence-electron chi connectivity index (χ2n) is 3.97. The Morgan fingerprint density at radius 2 is 1.65 bits per heavy atom. The topological polar surface area (TPSA) is 182 Å². The van der Waals surface area contributed by atoms with Crippen LogP contribution >= 0.6 is 0 Å². The molecule has 0 fully saturated rings. The maximum atomic E-state index is 11.2. The van der Waals surface area contributed by atoms with Gasteiger partial charge >= 0.3 is 17.9 Å². The molecule has 0 heterocycles. The molecule has 10 heteroatoms. The number of hydroxylamine groups is 1. The minimum atomic E-state index is -1.32. The van der Waals surface area contributed by atoms with Crippen molar-refractivity contribution in [3.63, 3.8) is 0 Å². The molecule has 0 aromatic heterocycles. The Kier molecular flexibility index (Phi) is 7.85. The molecule has 2 atom stereocenters. The first-order chi connectivity index (χ1) is 9.23. The maximum absolute atomic E-state index is 11.2. The van der Waals surface area contributed by atoms with Crippen LogP contribution in [-0.2, 0) is 24.0 Å². The summed E-state index contributed by atoms with van der Waals surface area (Å²) in [6.45, 7) is 0. The van der Waals surface area contributed by atoms with Crippen molar-refractivity contribution < 1.29 is 34.2 Å². The van der Waals surface area contributed by atoms with E-state index < -0.39 is 35.9 Å². The molecule has 10 nitrogen and oxygen atoms in total. The number of hydrogen-bond acceptors (Lipinski definition) is 7. The first-order valence-corrected chi connectivity index (χ1v) is 5.68. The third-order valence-electron chi connectivity index (χ3n) is 2.27. The van der Waals surface area contributed by atoms with Crippen molar-refractivity contribution in [2.75, 3.05) is 0 Å². The number of aliphatic carboxylic acids is 2. The number of primary amides is 1. The van der Waals surface area contributed by atoms with Gasteiger partial charge in [-0.1, -0.05) is 0 Å². The number of rotatable bonds is 10. The molecule has 0 radical (unpaired) electrons. The van der Waals surface area contributed by atoms with Crippen molar-refractivity contribution in [3.8, 4) is 0 Å². The Morgan fingerprint density at radius 3 is 2.10 bits per heavy atom. The second kappa shape index (κ2) is 8.82. The molecule has 20 heavy (non-hydrogen) atoms. The predicted octanol–water partition coefficient (Wildman–Crippen LogP) is -2.05. The average molecular weight is 291 g/mol. The van der Waals surface area contributed by atoms with Crippen LogP contribution in [0.1, 0.15) is 25.7 Å². The largest absolute Gasteiger partial charge is 0.480 e. The van der Waals surface area contributed by atoms with E-state index in [1.165, 1.54) is 0 Å². The van der Waals surface area contributed by atoms with Gasteiger partial charge in [-0.15, -0.1) is 5.48 Å². The van der Waals surface area contributed by atoms with Crippen LogP contribution in [0, 0.1) is 0 Å². The lowest BCUT2D eigenvalue weighted by Gasteiger charge is -2.13. The monoisotopic (exact) mass is 291 g/mol. The number of nitrogens with two attached hydrogens (primary N) is 2. The second-order valence-corrected chi connectivity index (χ2v) is 3.97. The van der Waals surface area contributed by atoms with Gasteiger partial charge in [-0.05, 0) is 12.8 Å². The molecule has 0 rings (SSSR count). The van der Waals surface area contributed by atoms with Crippen LogP contribution in [0.4, 0.5) is 0 Å². The van der Waals surface area contributed by atoms with Gasteiger partial charge in [0.25, 0.3) is 0 Å². The first kappa shape index (κ1) is 17.8. The normalized spacial score (nSPS) is 13.2. The highest BCUT2D eigenvalue weighted by Gasteiger charge is 2.20. The molecular weight excluding hydrogens is 274 g/mol. The van der Waals surface area contributed by atoms with Crippen molar-refractivity contribution in [2.24, 2.45) is 11.5 Å². The highest BCUT2D eigenvalue weighted by atomic mass is 16.7. The lowest BCUT2D eigenvalue weighted by Crippen LogP contribution is -2.39. The van der Waals surface area contributed by atoms with Gasteiger partial charge in [-0.25, -0.2) is 0 Å². The fourth-order valence-electron chi connectivity index (χ4n) is 1.10. The highest BCUT2D eigenvalue weighted by molar-refractivity contribution is 5.77. The highest BCUT2D eigenvalue weighted by Crippen LogP contribution is 2.00. The molecule has 0 aliphatic carbocycles. The van der Waals surface area contributed by atoms with Gasteiger partial charge in [0, 0.05) is 12.8 Å². The zero-order chi connectivity index (χ0) is 15.7. The van der Waals surface area contributed by atoms with E-state index in [0.29, 0.717) is 0 Å². The van der Waals surface area contributed by atoms with E-state index in [9.17, 15) is 19.2 Å². The number of hydrogen-bond donors (Lipinski definition) is 5. The molecule has 0 saturated heterocycles. The predicted molar refractivity (Wildman–Crippen MR) is 63.9 cm³/mol. The number of carboxylic acid groups (broad SMARTS) is 2. The van der Waals surface area contributed by atoms with Crippen molar-refractivity contribution in [3.05, 3.63) is 0 Å². The third-order valence-corrected chi connectivity index (χ3v) is 2.27. The number of amides is 1.